The molecule has 1 amide bonds. The average molecular weight is 428 g/mol. The summed E-state index contributed by atoms with van der Waals surface area (Å²) in [5.74, 6) is 1.01. The van der Waals surface area contributed by atoms with Gasteiger partial charge < -0.3 is 20.4 Å². The first-order chi connectivity index (χ1) is 15.7. The van der Waals surface area contributed by atoms with Gasteiger partial charge in [-0.1, -0.05) is 36.4 Å². The van der Waals surface area contributed by atoms with Crippen LogP contribution in [0, 0.1) is 5.92 Å². The molecule has 0 saturated carbocycles. The van der Waals surface area contributed by atoms with E-state index in [0.717, 1.165) is 24.1 Å². The second kappa shape index (κ2) is 8.66. The zero-order valence-corrected chi connectivity index (χ0v) is 17.5. The van der Waals surface area contributed by atoms with Crippen molar-refractivity contribution in [2.24, 2.45) is 21.6 Å². The van der Waals surface area contributed by atoms with Crippen LogP contribution >= 0.6 is 0 Å². The summed E-state index contributed by atoms with van der Waals surface area (Å²) >= 11 is 0. The molecule has 2 unspecified atom stereocenters. The number of amidine groups is 1. The van der Waals surface area contributed by atoms with E-state index >= 15 is 0 Å². The quantitative estimate of drug-likeness (QED) is 0.735. The van der Waals surface area contributed by atoms with Gasteiger partial charge in [0.1, 0.15) is 24.1 Å². The third kappa shape index (κ3) is 4.12. The molecule has 1 aliphatic carbocycles. The molecule has 0 saturated heterocycles. The van der Waals surface area contributed by atoms with Gasteiger partial charge in [-0.3, -0.25) is 4.79 Å². The van der Waals surface area contributed by atoms with E-state index in [1.165, 1.54) is 11.9 Å². The number of nitrogens with two attached hydrogens (primary N) is 1. The molecule has 0 bridgehead atoms. The van der Waals surface area contributed by atoms with Crippen LogP contribution in [0.3, 0.4) is 0 Å². The number of hydrogen-bond donors (Lipinski definition) is 2. The first-order valence-corrected chi connectivity index (χ1v) is 10.7. The van der Waals surface area contributed by atoms with Gasteiger partial charge in [0, 0.05) is 24.9 Å². The van der Waals surface area contributed by atoms with Crippen molar-refractivity contribution in [1.82, 2.24) is 10.3 Å². The Labute approximate surface area is 185 Å². The van der Waals surface area contributed by atoms with Gasteiger partial charge in [-0.25, -0.2) is 15.0 Å². The normalized spacial score (nSPS) is 21.3. The Morgan fingerprint density at radius 1 is 1.25 bits per heavy atom. The number of nitrogens with zero attached hydrogens (tertiary/aromatic N) is 4. The summed E-state index contributed by atoms with van der Waals surface area (Å²) in [5.41, 5.74) is 9.13. The molecular weight excluding hydrogens is 404 g/mol. The topological polar surface area (TPSA) is 109 Å². The molecule has 3 N–H and O–H groups in total. The van der Waals surface area contributed by atoms with E-state index in [1.807, 2.05) is 36.5 Å². The molecule has 0 spiro atoms. The summed E-state index contributed by atoms with van der Waals surface area (Å²) in [4.78, 5) is 27.1. The summed E-state index contributed by atoms with van der Waals surface area (Å²) in [5, 5.41) is 2.87. The number of carbonyl (C=O) groups excluding carboxylic acids is 1. The van der Waals surface area contributed by atoms with Gasteiger partial charge in [0.25, 0.3) is 5.89 Å². The number of hydrogen-bond acceptors (Lipinski definition) is 7. The Balaban J connectivity index is 1.16. The van der Waals surface area contributed by atoms with E-state index in [2.05, 4.69) is 43.4 Å². The Kier molecular flexibility index (Phi) is 5.41. The number of rotatable bonds is 6. The van der Waals surface area contributed by atoms with E-state index < -0.39 is 0 Å². The van der Waals surface area contributed by atoms with E-state index in [1.54, 1.807) is 6.20 Å². The molecule has 3 heterocycles. The number of amides is 1. The van der Waals surface area contributed by atoms with Crippen molar-refractivity contribution in [3.8, 4) is 0 Å². The van der Waals surface area contributed by atoms with Gasteiger partial charge in [0.15, 0.2) is 0 Å². The number of aliphatic imine (C=N–C) groups is 2. The van der Waals surface area contributed by atoms with Gasteiger partial charge in [0.05, 0.1) is 12.1 Å². The maximum atomic E-state index is 12.4. The molecule has 8 heteroatoms. The predicted octanol–water partition coefficient (Wildman–Crippen LogP) is 3.10. The number of benzene rings is 1. The minimum atomic E-state index is -0.329. The number of anilines is 1. The average Bonchev–Trinajstić information content (AvgIpc) is 3.47. The Hall–Kier alpha value is -3.94. The summed E-state index contributed by atoms with van der Waals surface area (Å²) in [6.45, 7) is 0.379. The Bertz CT molecular complexity index is 1160. The number of oxazole rings is 1. The van der Waals surface area contributed by atoms with Gasteiger partial charge in [-0.2, -0.15) is 0 Å². The largest absolute Gasteiger partial charge is 0.437 e. The van der Waals surface area contributed by atoms with Crippen LogP contribution in [0.5, 0.6) is 0 Å². The molecule has 162 valence electrons. The van der Waals surface area contributed by atoms with Crippen LogP contribution in [0.4, 0.5) is 5.69 Å². The van der Waals surface area contributed by atoms with Crippen molar-refractivity contribution in [2.45, 2.75) is 32.0 Å². The van der Waals surface area contributed by atoms with Crippen LogP contribution in [-0.4, -0.2) is 29.2 Å². The van der Waals surface area contributed by atoms with E-state index in [-0.39, 0.29) is 23.9 Å². The number of aromatic nitrogens is 1. The van der Waals surface area contributed by atoms with Crippen molar-refractivity contribution in [3.05, 3.63) is 83.8 Å². The minimum Gasteiger partial charge on any atom is -0.437 e. The van der Waals surface area contributed by atoms with Crippen LogP contribution in [0.15, 0.2) is 80.9 Å². The zero-order valence-electron chi connectivity index (χ0n) is 17.5. The lowest BCUT2D eigenvalue weighted by molar-refractivity contribution is 0.0914. The van der Waals surface area contributed by atoms with E-state index in [0.29, 0.717) is 24.6 Å². The second-order valence-electron chi connectivity index (χ2n) is 7.92. The highest BCUT2D eigenvalue weighted by Crippen LogP contribution is 2.30. The summed E-state index contributed by atoms with van der Waals surface area (Å²) in [6.07, 6.45) is 16.2. The molecule has 32 heavy (non-hydrogen) atoms. The third-order valence-corrected chi connectivity index (χ3v) is 5.71. The molecule has 1 aromatic heterocycles. The number of allylic oxidation sites excluding steroid dienone is 4. The maximum absolute atomic E-state index is 12.4. The SMILES string of the molecule is NC1=NC=NC2C1C=CN2c1ccc(CNC(=O)c2ncc(CC3=CCCC=C3)o2)cc1. The molecule has 0 fully saturated rings. The maximum Gasteiger partial charge on any atom is 0.307 e. The summed E-state index contributed by atoms with van der Waals surface area (Å²) < 4.78 is 5.64. The first-order valence-electron chi connectivity index (χ1n) is 10.7. The monoisotopic (exact) mass is 428 g/mol. The molecule has 2 atom stereocenters. The smallest absolute Gasteiger partial charge is 0.307 e. The Morgan fingerprint density at radius 2 is 2.12 bits per heavy atom. The lowest BCUT2D eigenvalue weighted by Gasteiger charge is -2.27. The highest BCUT2D eigenvalue weighted by Gasteiger charge is 2.33. The standard InChI is InChI=1S/C24H24N6O2/c25-21-20-10-11-30(22(20)29-15-28-21)18-8-6-17(7-9-18)13-26-23(31)24-27-14-19(32-24)12-16-4-2-1-3-5-16/h2,4-11,14-15,20,22H,1,3,12-13H2,(H,26,31)(H2,25,28,29). The van der Waals surface area contributed by atoms with Crippen LogP contribution in [0.25, 0.3) is 0 Å². The molecule has 0 radical (unpaired) electrons. The van der Waals surface area contributed by atoms with Crippen molar-refractivity contribution >= 4 is 23.8 Å². The summed E-state index contributed by atoms with van der Waals surface area (Å²) in [6, 6.07) is 7.95. The van der Waals surface area contributed by atoms with E-state index in [4.69, 9.17) is 10.2 Å². The number of fused-ring (bicyclic) bond motifs is 1. The summed E-state index contributed by atoms with van der Waals surface area (Å²) in [7, 11) is 0. The zero-order chi connectivity index (χ0) is 21.9. The van der Waals surface area contributed by atoms with Crippen molar-refractivity contribution in [2.75, 3.05) is 4.90 Å². The van der Waals surface area contributed by atoms with Crippen molar-refractivity contribution in [3.63, 3.8) is 0 Å². The third-order valence-electron chi connectivity index (χ3n) is 5.71. The van der Waals surface area contributed by atoms with Crippen molar-refractivity contribution in [1.29, 1.82) is 0 Å². The van der Waals surface area contributed by atoms with Crippen LogP contribution < -0.4 is 16.0 Å². The molecular formula is C24H24N6O2. The van der Waals surface area contributed by atoms with E-state index in [9.17, 15) is 4.79 Å². The molecule has 8 nitrogen and oxygen atoms in total. The molecule has 5 rings (SSSR count). The van der Waals surface area contributed by atoms with Crippen LogP contribution in [0.2, 0.25) is 0 Å². The van der Waals surface area contributed by atoms with Gasteiger partial charge in [-0.15, -0.1) is 0 Å². The predicted molar refractivity (Wildman–Crippen MR) is 123 cm³/mol. The molecule has 2 aromatic rings. The highest BCUT2D eigenvalue weighted by atomic mass is 16.4. The lowest BCUT2D eigenvalue weighted by atomic mass is 10.0. The number of carbonyl (C=O) groups is 1. The highest BCUT2D eigenvalue weighted by molar-refractivity contribution is 5.94. The fourth-order valence-electron chi connectivity index (χ4n) is 3.99. The first kappa shape index (κ1) is 20.0. The molecule has 2 aliphatic heterocycles. The van der Waals surface area contributed by atoms with Crippen LogP contribution in [-0.2, 0) is 13.0 Å². The van der Waals surface area contributed by atoms with Gasteiger partial charge >= 0.3 is 5.91 Å². The number of nitrogens with one attached hydrogen (secondary N) is 1. The lowest BCUT2D eigenvalue weighted by Crippen LogP contribution is -2.39. The van der Waals surface area contributed by atoms with Gasteiger partial charge in [-0.05, 0) is 36.1 Å². The second-order valence-corrected chi connectivity index (χ2v) is 7.92. The fourth-order valence-corrected chi connectivity index (χ4v) is 3.99. The minimum absolute atomic E-state index is 0.00456. The molecule has 3 aliphatic rings. The Morgan fingerprint density at radius 3 is 2.94 bits per heavy atom. The van der Waals surface area contributed by atoms with Crippen LogP contribution in [0.1, 0.15) is 34.9 Å². The molecule has 1 aromatic carbocycles. The van der Waals surface area contributed by atoms with Gasteiger partial charge in [0.2, 0.25) is 0 Å². The fraction of sp³-hybridized carbons (Fsp3) is 0.250. The van der Waals surface area contributed by atoms with Crippen molar-refractivity contribution < 1.29 is 9.21 Å².